The molecular formula is C74H132O6. The molecular weight excluding hydrogens is 985 g/mol. The van der Waals surface area contributed by atoms with E-state index < -0.39 is 6.10 Å². The SMILES string of the molecule is CC/C=C\C/C=C\C/C=C\CCCCCC(=O)OCC(COC(=O)CCCCCCCCCCCCCCCC/C=C\C/C=C\C/C=C\CCCCCCC)OC(=O)CCCCCCCCCCCCCCCCCCCCCC. The van der Waals surface area contributed by atoms with E-state index in [1.54, 1.807) is 0 Å². The summed E-state index contributed by atoms with van der Waals surface area (Å²) >= 11 is 0. The van der Waals surface area contributed by atoms with Crippen molar-refractivity contribution in [2.24, 2.45) is 0 Å². The molecule has 0 N–H and O–H groups in total. The quantitative estimate of drug-likeness (QED) is 0.0261. The van der Waals surface area contributed by atoms with Gasteiger partial charge in [0.2, 0.25) is 0 Å². The Morgan fingerprint density at radius 2 is 0.487 bits per heavy atom. The number of hydrogen-bond acceptors (Lipinski definition) is 6. The van der Waals surface area contributed by atoms with Gasteiger partial charge in [0, 0.05) is 19.3 Å². The van der Waals surface area contributed by atoms with Gasteiger partial charge in [0.05, 0.1) is 0 Å². The van der Waals surface area contributed by atoms with Crippen molar-refractivity contribution < 1.29 is 28.6 Å². The van der Waals surface area contributed by atoms with Crippen LogP contribution in [0, 0.1) is 0 Å². The predicted molar refractivity (Wildman–Crippen MR) is 348 cm³/mol. The molecule has 0 heterocycles. The molecule has 0 aromatic rings. The molecule has 0 aliphatic rings. The fourth-order valence-electron chi connectivity index (χ4n) is 10.2. The van der Waals surface area contributed by atoms with Gasteiger partial charge < -0.3 is 14.2 Å². The summed E-state index contributed by atoms with van der Waals surface area (Å²) in [5.41, 5.74) is 0. The zero-order valence-electron chi connectivity index (χ0n) is 53.3. The van der Waals surface area contributed by atoms with Crippen molar-refractivity contribution >= 4 is 17.9 Å². The van der Waals surface area contributed by atoms with Crippen molar-refractivity contribution in [3.05, 3.63) is 72.9 Å². The Labute approximate surface area is 497 Å². The number of unbranched alkanes of at least 4 members (excludes halogenated alkanes) is 41. The van der Waals surface area contributed by atoms with E-state index in [9.17, 15) is 14.4 Å². The molecule has 0 saturated heterocycles. The summed E-state index contributed by atoms with van der Waals surface area (Å²) in [6, 6.07) is 0. The van der Waals surface area contributed by atoms with E-state index in [4.69, 9.17) is 14.2 Å². The molecule has 1 unspecified atom stereocenters. The molecule has 0 radical (unpaired) electrons. The fourth-order valence-corrected chi connectivity index (χ4v) is 10.2. The van der Waals surface area contributed by atoms with Gasteiger partial charge in [-0.3, -0.25) is 14.4 Å². The molecule has 464 valence electrons. The van der Waals surface area contributed by atoms with Gasteiger partial charge in [-0.25, -0.2) is 0 Å². The first kappa shape index (κ1) is 76.9. The maximum Gasteiger partial charge on any atom is 0.306 e. The molecule has 0 spiro atoms. The Morgan fingerprint density at radius 1 is 0.263 bits per heavy atom. The van der Waals surface area contributed by atoms with E-state index in [1.807, 2.05) is 0 Å². The molecule has 0 fully saturated rings. The number of rotatable bonds is 64. The molecule has 80 heavy (non-hydrogen) atoms. The van der Waals surface area contributed by atoms with Crippen LogP contribution in [-0.2, 0) is 28.6 Å². The van der Waals surface area contributed by atoms with Crippen LogP contribution in [0.25, 0.3) is 0 Å². The van der Waals surface area contributed by atoms with E-state index >= 15 is 0 Å². The first-order valence-electron chi connectivity index (χ1n) is 34.9. The van der Waals surface area contributed by atoms with Crippen LogP contribution >= 0.6 is 0 Å². The summed E-state index contributed by atoms with van der Waals surface area (Å²) in [6.07, 6.45) is 89.4. The zero-order chi connectivity index (χ0) is 57.8. The van der Waals surface area contributed by atoms with Gasteiger partial charge in [0.1, 0.15) is 13.2 Å². The van der Waals surface area contributed by atoms with Crippen LogP contribution in [0.3, 0.4) is 0 Å². The molecule has 6 heteroatoms. The molecule has 6 nitrogen and oxygen atoms in total. The average molecular weight is 1120 g/mol. The van der Waals surface area contributed by atoms with Crippen LogP contribution in [0.15, 0.2) is 72.9 Å². The van der Waals surface area contributed by atoms with Crippen molar-refractivity contribution in [3.8, 4) is 0 Å². The third-order valence-corrected chi connectivity index (χ3v) is 15.4. The van der Waals surface area contributed by atoms with Crippen LogP contribution < -0.4 is 0 Å². The molecule has 0 amide bonds. The summed E-state index contributed by atoms with van der Waals surface area (Å²) < 4.78 is 16.9. The number of allylic oxidation sites excluding steroid dienone is 12. The van der Waals surface area contributed by atoms with Crippen LogP contribution in [0.5, 0.6) is 0 Å². The van der Waals surface area contributed by atoms with Gasteiger partial charge in [-0.2, -0.15) is 0 Å². The highest BCUT2D eigenvalue weighted by atomic mass is 16.6. The second kappa shape index (κ2) is 68.3. The Bertz CT molecular complexity index is 1470. The first-order chi connectivity index (χ1) is 39.5. The second-order valence-electron chi connectivity index (χ2n) is 23.4. The fraction of sp³-hybridized carbons (Fsp3) is 0.797. The minimum Gasteiger partial charge on any atom is -0.462 e. The van der Waals surface area contributed by atoms with Crippen LogP contribution in [0.1, 0.15) is 361 Å². The van der Waals surface area contributed by atoms with Gasteiger partial charge in [0.15, 0.2) is 6.10 Å². The topological polar surface area (TPSA) is 78.9 Å². The number of ether oxygens (including phenoxy) is 3. The molecule has 0 bridgehead atoms. The van der Waals surface area contributed by atoms with E-state index in [0.717, 1.165) is 96.3 Å². The Kier molecular flexibility index (Phi) is 65.7. The lowest BCUT2D eigenvalue weighted by Crippen LogP contribution is -2.30. The highest BCUT2D eigenvalue weighted by Crippen LogP contribution is 2.18. The minimum absolute atomic E-state index is 0.0814. The largest absolute Gasteiger partial charge is 0.462 e. The van der Waals surface area contributed by atoms with Gasteiger partial charge >= 0.3 is 17.9 Å². The Hall–Kier alpha value is -3.15. The highest BCUT2D eigenvalue weighted by molar-refractivity contribution is 5.71. The number of carbonyl (C=O) groups excluding carboxylic acids is 3. The lowest BCUT2D eigenvalue weighted by Gasteiger charge is -2.18. The molecule has 0 saturated carbocycles. The van der Waals surface area contributed by atoms with Crippen molar-refractivity contribution in [2.75, 3.05) is 13.2 Å². The average Bonchev–Trinajstić information content (AvgIpc) is 3.46. The minimum atomic E-state index is -0.787. The second-order valence-corrected chi connectivity index (χ2v) is 23.4. The number of esters is 3. The van der Waals surface area contributed by atoms with Crippen LogP contribution in [-0.4, -0.2) is 37.2 Å². The lowest BCUT2D eigenvalue weighted by atomic mass is 10.0. The van der Waals surface area contributed by atoms with Gasteiger partial charge in [-0.15, -0.1) is 0 Å². The van der Waals surface area contributed by atoms with E-state index in [1.165, 1.54) is 225 Å². The molecule has 0 rings (SSSR count). The van der Waals surface area contributed by atoms with Crippen molar-refractivity contribution in [2.45, 2.75) is 367 Å². The lowest BCUT2D eigenvalue weighted by molar-refractivity contribution is -0.167. The number of carbonyl (C=O) groups is 3. The monoisotopic (exact) mass is 1120 g/mol. The zero-order valence-corrected chi connectivity index (χ0v) is 53.3. The summed E-state index contributed by atoms with van der Waals surface area (Å²) in [5, 5.41) is 0. The summed E-state index contributed by atoms with van der Waals surface area (Å²) in [5.74, 6) is -0.892. The first-order valence-corrected chi connectivity index (χ1v) is 34.9. The standard InChI is InChI=1S/C74H132O6/c1-4-7-10-13-16-19-22-25-27-29-31-33-34-35-36-37-38-39-40-41-43-44-46-49-52-55-58-61-64-67-73(76)79-70-71(69-78-72(75)66-63-60-57-54-51-48-24-21-18-15-12-9-6-3)80-74(77)68-65-62-59-56-53-50-47-45-42-32-30-28-26-23-20-17-14-11-8-5-2/h9,12,18,21-22,25,29,31,34-35,48,51,71H,4-8,10-11,13-17,19-20,23-24,26-28,30,32-33,36-47,49-50,52-70H2,1-3H3/b12-9-,21-18-,25-22-,31-29-,35-34-,51-48-. The molecule has 1 atom stereocenters. The molecule has 0 aromatic heterocycles. The van der Waals surface area contributed by atoms with Crippen LogP contribution in [0.4, 0.5) is 0 Å². The molecule has 0 aliphatic heterocycles. The van der Waals surface area contributed by atoms with Crippen molar-refractivity contribution in [3.63, 3.8) is 0 Å². The third-order valence-electron chi connectivity index (χ3n) is 15.4. The van der Waals surface area contributed by atoms with E-state index in [0.29, 0.717) is 19.3 Å². The normalized spacial score (nSPS) is 12.5. The third kappa shape index (κ3) is 65.7. The maximum absolute atomic E-state index is 12.9. The number of hydrogen-bond donors (Lipinski definition) is 0. The van der Waals surface area contributed by atoms with Crippen molar-refractivity contribution in [1.82, 2.24) is 0 Å². The highest BCUT2D eigenvalue weighted by Gasteiger charge is 2.19. The van der Waals surface area contributed by atoms with Crippen molar-refractivity contribution in [1.29, 1.82) is 0 Å². The maximum atomic E-state index is 12.9. The Morgan fingerprint density at radius 3 is 0.775 bits per heavy atom. The van der Waals surface area contributed by atoms with Gasteiger partial charge in [-0.1, -0.05) is 325 Å². The summed E-state index contributed by atoms with van der Waals surface area (Å²) in [7, 11) is 0. The van der Waals surface area contributed by atoms with E-state index in [-0.39, 0.29) is 31.1 Å². The van der Waals surface area contributed by atoms with Gasteiger partial charge in [-0.05, 0) is 89.9 Å². The summed E-state index contributed by atoms with van der Waals surface area (Å²) in [4.78, 5) is 38.4. The Balaban J connectivity index is 4.23. The molecule has 0 aromatic carbocycles. The predicted octanol–water partition coefficient (Wildman–Crippen LogP) is 24.1. The van der Waals surface area contributed by atoms with E-state index in [2.05, 4.69) is 93.7 Å². The van der Waals surface area contributed by atoms with Gasteiger partial charge in [0.25, 0.3) is 0 Å². The van der Waals surface area contributed by atoms with Crippen LogP contribution in [0.2, 0.25) is 0 Å². The molecule has 0 aliphatic carbocycles. The summed E-state index contributed by atoms with van der Waals surface area (Å²) in [6.45, 7) is 6.54. The smallest absolute Gasteiger partial charge is 0.306 e.